The Bertz CT molecular complexity index is 902. The maximum Gasteiger partial charge on any atom is 0.293 e. The number of hydrogen-bond donors (Lipinski definition) is 1. The quantitative estimate of drug-likeness (QED) is 0.573. The standard InChI is InChI=1S/C15H15N5O4/c1-19-5-4-16-8-11(19)14-17-15(24-18-14)13-7-9-6-10(20(21)22)2-3-12(9)23-13/h2-3,6-7,11,16H,4-5,8H2,1H3. The summed E-state index contributed by atoms with van der Waals surface area (Å²) in [5.74, 6) is 1.25. The molecule has 24 heavy (non-hydrogen) atoms. The van der Waals surface area contributed by atoms with Crippen LogP contribution >= 0.6 is 0 Å². The Balaban J connectivity index is 1.66. The number of aromatic nitrogens is 2. The number of nitrogens with one attached hydrogen (secondary N) is 1. The van der Waals surface area contributed by atoms with Gasteiger partial charge in [-0.25, -0.2) is 0 Å². The minimum absolute atomic E-state index is 0.0102. The molecule has 1 aliphatic heterocycles. The van der Waals surface area contributed by atoms with Crippen molar-refractivity contribution in [2.75, 3.05) is 26.7 Å². The fraction of sp³-hybridized carbons (Fsp3) is 0.333. The summed E-state index contributed by atoms with van der Waals surface area (Å²) < 4.78 is 11.0. The van der Waals surface area contributed by atoms with Crippen molar-refractivity contribution in [1.82, 2.24) is 20.4 Å². The van der Waals surface area contributed by atoms with Gasteiger partial charge in [0, 0.05) is 37.2 Å². The summed E-state index contributed by atoms with van der Waals surface area (Å²) in [5, 5.41) is 18.8. The number of furan rings is 1. The third-order valence-electron chi connectivity index (χ3n) is 4.17. The molecule has 1 atom stereocenters. The molecule has 4 rings (SSSR count). The molecule has 3 heterocycles. The monoisotopic (exact) mass is 329 g/mol. The molecule has 1 saturated heterocycles. The lowest BCUT2D eigenvalue weighted by atomic mass is 10.2. The van der Waals surface area contributed by atoms with Crippen molar-refractivity contribution < 1.29 is 13.9 Å². The molecule has 9 heteroatoms. The van der Waals surface area contributed by atoms with Crippen LogP contribution in [0.25, 0.3) is 22.6 Å². The van der Waals surface area contributed by atoms with E-state index in [1.165, 1.54) is 12.1 Å². The molecule has 0 amide bonds. The Labute approximate surface area is 136 Å². The number of fused-ring (bicyclic) bond motifs is 1. The fourth-order valence-corrected chi connectivity index (χ4v) is 2.81. The van der Waals surface area contributed by atoms with Crippen LogP contribution in [0.15, 0.2) is 33.2 Å². The number of nitro groups is 1. The van der Waals surface area contributed by atoms with Gasteiger partial charge < -0.3 is 14.3 Å². The third-order valence-corrected chi connectivity index (χ3v) is 4.17. The van der Waals surface area contributed by atoms with Crippen LogP contribution in [0.4, 0.5) is 5.69 Å². The van der Waals surface area contributed by atoms with Crippen LogP contribution in [0, 0.1) is 10.1 Å². The van der Waals surface area contributed by atoms with E-state index in [-0.39, 0.29) is 17.6 Å². The maximum absolute atomic E-state index is 10.9. The van der Waals surface area contributed by atoms with Gasteiger partial charge in [-0.3, -0.25) is 15.0 Å². The van der Waals surface area contributed by atoms with E-state index in [1.54, 1.807) is 12.1 Å². The number of non-ortho nitro benzene ring substituents is 1. The summed E-state index contributed by atoms with van der Waals surface area (Å²) in [6.07, 6.45) is 0. The Morgan fingerprint density at radius 3 is 3.08 bits per heavy atom. The summed E-state index contributed by atoms with van der Waals surface area (Å²) >= 11 is 0. The van der Waals surface area contributed by atoms with Gasteiger partial charge in [-0.15, -0.1) is 0 Å². The summed E-state index contributed by atoms with van der Waals surface area (Å²) in [7, 11) is 2.02. The highest BCUT2D eigenvalue weighted by molar-refractivity contribution is 5.83. The van der Waals surface area contributed by atoms with E-state index < -0.39 is 4.92 Å². The van der Waals surface area contributed by atoms with E-state index in [0.29, 0.717) is 22.6 Å². The lowest BCUT2D eigenvalue weighted by Gasteiger charge is -2.30. The normalized spacial score (nSPS) is 19.0. The van der Waals surface area contributed by atoms with E-state index in [2.05, 4.69) is 20.4 Å². The average Bonchev–Trinajstić information content (AvgIpc) is 3.21. The zero-order chi connectivity index (χ0) is 16.7. The number of hydrogen-bond acceptors (Lipinski definition) is 8. The molecule has 0 radical (unpaired) electrons. The van der Waals surface area contributed by atoms with Crippen LogP contribution in [-0.2, 0) is 0 Å². The minimum atomic E-state index is -0.442. The summed E-state index contributed by atoms with van der Waals surface area (Å²) in [6, 6.07) is 6.13. The SMILES string of the molecule is CN1CCNCC1c1noc(-c2cc3cc([N+](=O)[O-])ccc3o2)n1. The second-order valence-electron chi connectivity index (χ2n) is 5.75. The van der Waals surface area contributed by atoms with Crippen LogP contribution in [0.3, 0.4) is 0 Å². The lowest BCUT2D eigenvalue weighted by Crippen LogP contribution is -2.44. The molecule has 1 aromatic carbocycles. The summed E-state index contributed by atoms with van der Waals surface area (Å²) in [4.78, 5) is 17.0. The Morgan fingerprint density at radius 2 is 2.29 bits per heavy atom. The zero-order valence-corrected chi connectivity index (χ0v) is 12.9. The van der Waals surface area contributed by atoms with Crippen molar-refractivity contribution in [3.63, 3.8) is 0 Å². The van der Waals surface area contributed by atoms with Crippen LogP contribution in [-0.4, -0.2) is 46.6 Å². The van der Waals surface area contributed by atoms with Crippen molar-refractivity contribution in [2.45, 2.75) is 6.04 Å². The Kier molecular flexibility index (Phi) is 3.51. The molecular weight excluding hydrogens is 314 g/mol. The molecule has 124 valence electrons. The number of benzene rings is 1. The largest absolute Gasteiger partial charge is 0.451 e. The Morgan fingerprint density at radius 1 is 1.42 bits per heavy atom. The van der Waals surface area contributed by atoms with E-state index >= 15 is 0 Å². The van der Waals surface area contributed by atoms with Crippen molar-refractivity contribution in [1.29, 1.82) is 0 Å². The molecule has 9 nitrogen and oxygen atoms in total. The number of nitro benzene ring substituents is 1. The highest BCUT2D eigenvalue weighted by atomic mass is 16.6. The van der Waals surface area contributed by atoms with Crippen LogP contribution in [0.5, 0.6) is 0 Å². The van der Waals surface area contributed by atoms with Crippen LogP contribution in [0.2, 0.25) is 0 Å². The van der Waals surface area contributed by atoms with Crippen molar-refractivity contribution >= 4 is 16.7 Å². The van der Waals surface area contributed by atoms with Gasteiger partial charge in [0.2, 0.25) is 0 Å². The molecular formula is C15H15N5O4. The molecule has 1 N–H and O–H groups in total. The van der Waals surface area contributed by atoms with Crippen molar-refractivity contribution in [2.24, 2.45) is 0 Å². The van der Waals surface area contributed by atoms with E-state index in [4.69, 9.17) is 8.94 Å². The fourth-order valence-electron chi connectivity index (χ4n) is 2.81. The van der Waals surface area contributed by atoms with E-state index in [1.807, 2.05) is 7.05 Å². The number of likely N-dealkylation sites (N-methyl/N-ethyl adjacent to an activating group) is 1. The van der Waals surface area contributed by atoms with Gasteiger partial charge in [-0.05, 0) is 19.2 Å². The smallest absolute Gasteiger partial charge is 0.293 e. The molecule has 1 fully saturated rings. The van der Waals surface area contributed by atoms with Crippen LogP contribution < -0.4 is 5.32 Å². The second kappa shape index (κ2) is 5.69. The third kappa shape index (κ3) is 2.53. The van der Waals surface area contributed by atoms with Crippen LogP contribution in [0.1, 0.15) is 11.9 Å². The van der Waals surface area contributed by atoms with Crippen molar-refractivity contribution in [3.05, 3.63) is 40.2 Å². The first-order chi connectivity index (χ1) is 11.6. The summed E-state index contributed by atoms with van der Waals surface area (Å²) in [6.45, 7) is 2.59. The molecule has 1 aliphatic rings. The molecule has 0 bridgehead atoms. The van der Waals surface area contributed by atoms with Gasteiger partial charge >= 0.3 is 0 Å². The average molecular weight is 329 g/mol. The first-order valence-electron chi connectivity index (χ1n) is 7.55. The van der Waals surface area contributed by atoms with Gasteiger partial charge in [0.1, 0.15) is 5.58 Å². The predicted octanol–water partition coefficient (Wildman–Crippen LogP) is 1.97. The van der Waals surface area contributed by atoms with E-state index in [0.717, 1.165) is 19.6 Å². The first kappa shape index (κ1) is 14.8. The number of nitrogens with zero attached hydrogens (tertiary/aromatic N) is 4. The second-order valence-corrected chi connectivity index (χ2v) is 5.75. The molecule has 0 saturated carbocycles. The number of rotatable bonds is 3. The summed E-state index contributed by atoms with van der Waals surface area (Å²) in [5.41, 5.74) is 0.544. The lowest BCUT2D eigenvalue weighted by molar-refractivity contribution is -0.384. The van der Waals surface area contributed by atoms with Gasteiger partial charge in [0.15, 0.2) is 11.6 Å². The van der Waals surface area contributed by atoms with Gasteiger partial charge in [0.25, 0.3) is 11.6 Å². The molecule has 2 aromatic heterocycles. The van der Waals surface area contributed by atoms with Gasteiger partial charge in [0.05, 0.1) is 11.0 Å². The highest BCUT2D eigenvalue weighted by Gasteiger charge is 2.26. The maximum atomic E-state index is 10.9. The van der Waals surface area contributed by atoms with Crippen molar-refractivity contribution in [3.8, 4) is 11.7 Å². The molecule has 1 unspecified atom stereocenters. The van der Waals surface area contributed by atoms with Gasteiger partial charge in [-0.2, -0.15) is 4.98 Å². The Hall–Kier alpha value is -2.78. The molecule has 3 aromatic rings. The molecule has 0 aliphatic carbocycles. The minimum Gasteiger partial charge on any atom is -0.451 e. The molecule has 0 spiro atoms. The van der Waals surface area contributed by atoms with Gasteiger partial charge in [-0.1, -0.05) is 5.16 Å². The van der Waals surface area contributed by atoms with E-state index in [9.17, 15) is 10.1 Å². The highest BCUT2D eigenvalue weighted by Crippen LogP contribution is 2.30. The first-order valence-corrected chi connectivity index (χ1v) is 7.55. The number of piperazine rings is 1. The zero-order valence-electron chi connectivity index (χ0n) is 12.9. The topological polar surface area (TPSA) is 110 Å². The predicted molar refractivity (Wildman–Crippen MR) is 84.4 cm³/mol.